The first-order chi connectivity index (χ1) is 14.8. The van der Waals surface area contributed by atoms with E-state index in [1.807, 2.05) is 48.5 Å². The number of pyridine rings is 2. The first-order valence-electron chi connectivity index (χ1n) is 10.1. The van der Waals surface area contributed by atoms with Crippen LogP contribution in [0.15, 0.2) is 77.9 Å². The zero-order valence-corrected chi connectivity index (χ0v) is 16.5. The maximum Gasteiger partial charge on any atom is 0.259 e. The van der Waals surface area contributed by atoms with Crippen LogP contribution in [0.3, 0.4) is 0 Å². The number of hydrogen-bond donors (Lipinski definition) is 2. The summed E-state index contributed by atoms with van der Waals surface area (Å²) in [5.74, 6) is 0.547. The van der Waals surface area contributed by atoms with E-state index in [-0.39, 0.29) is 5.56 Å². The number of ether oxygens (including phenoxy) is 1. The van der Waals surface area contributed by atoms with E-state index in [1.54, 1.807) is 12.4 Å². The van der Waals surface area contributed by atoms with Crippen LogP contribution in [-0.2, 0) is 4.74 Å². The predicted molar refractivity (Wildman–Crippen MR) is 121 cm³/mol. The lowest BCUT2D eigenvalue weighted by Crippen LogP contribution is -2.36. The Labute approximate surface area is 174 Å². The van der Waals surface area contributed by atoms with Crippen molar-refractivity contribution in [3.8, 4) is 11.1 Å². The monoisotopic (exact) mass is 398 g/mol. The molecule has 0 atom stereocenters. The molecule has 0 spiro atoms. The number of morpholine rings is 1. The zero-order chi connectivity index (χ0) is 20.3. The first kappa shape index (κ1) is 18.4. The molecule has 2 aromatic heterocycles. The molecular formula is C24H22N4O2. The van der Waals surface area contributed by atoms with Crippen LogP contribution in [0.2, 0.25) is 0 Å². The first-order valence-corrected chi connectivity index (χ1v) is 10.1. The minimum atomic E-state index is -0.162. The second-order valence-corrected chi connectivity index (χ2v) is 7.25. The van der Waals surface area contributed by atoms with Gasteiger partial charge in [0, 0.05) is 47.8 Å². The second-order valence-electron chi connectivity index (χ2n) is 7.25. The number of aromatic nitrogens is 2. The highest BCUT2D eigenvalue weighted by Crippen LogP contribution is 2.30. The molecule has 1 aliphatic heterocycles. The van der Waals surface area contributed by atoms with Crippen LogP contribution in [0.25, 0.3) is 21.9 Å². The van der Waals surface area contributed by atoms with E-state index in [0.717, 1.165) is 48.5 Å². The van der Waals surface area contributed by atoms with E-state index in [1.165, 1.54) is 5.69 Å². The van der Waals surface area contributed by atoms with Gasteiger partial charge in [0.15, 0.2) is 0 Å². The summed E-state index contributed by atoms with van der Waals surface area (Å²) in [5.41, 5.74) is 3.91. The van der Waals surface area contributed by atoms with Gasteiger partial charge in [0.1, 0.15) is 5.82 Å². The molecule has 0 unspecified atom stereocenters. The van der Waals surface area contributed by atoms with Gasteiger partial charge in [0.05, 0.1) is 18.6 Å². The average Bonchev–Trinajstić information content (AvgIpc) is 2.81. The highest BCUT2D eigenvalue weighted by molar-refractivity contribution is 6.01. The number of fused-ring (bicyclic) bond motifs is 1. The number of nitrogens with zero attached hydrogens (tertiary/aromatic N) is 2. The fourth-order valence-corrected chi connectivity index (χ4v) is 3.87. The normalized spacial score (nSPS) is 14.1. The minimum absolute atomic E-state index is 0.162. The third-order valence-corrected chi connectivity index (χ3v) is 5.41. The summed E-state index contributed by atoms with van der Waals surface area (Å²) in [4.78, 5) is 22.3. The van der Waals surface area contributed by atoms with Crippen LogP contribution in [0.4, 0.5) is 17.2 Å². The molecule has 0 bridgehead atoms. The third-order valence-electron chi connectivity index (χ3n) is 5.41. The molecule has 0 saturated carbocycles. The lowest BCUT2D eigenvalue weighted by Gasteiger charge is -2.28. The van der Waals surface area contributed by atoms with Crippen LogP contribution in [-0.4, -0.2) is 36.3 Å². The molecule has 6 heteroatoms. The molecule has 0 amide bonds. The fraction of sp³-hybridized carbons (Fsp3) is 0.167. The van der Waals surface area contributed by atoms with Gasteiger partial charge >= 0.3 is 0 Å². The van der Waals surface area contributed by atoms with Gasteiger partial charge < -0.3 is 19.9 Å². The largest absolute Gasteiger partial charge is 0.378 e. The van der Waals surface area contributed by atoms with E-state index < -0.39 is 0 Å². The number of nitrogens with one attached hydrogen (secondary N) is 2. The lowest BCUT2D eigenvalue weighted by atomic mass is 10.0. The van der Waals surface area contributed by atoms with Crippen molar-refractivity contribution in [3.05, 3.63) is 83.4 Å². The molecule has 1 fully saturated rings. The molecule has 6 nitrogen and oxygen atoms in total. The number of aromatic amines is 1. The summed E-state index contributed by atoms with van der Waals surface area (Å²) in [6.45, 7) is 3.31. The van der Waals surface area contributed by atoms with E-state index in [4.69, 9.17) is 4.74 Å². The zero-order valence-electron chi connectivity index (χ0n) is 16.5. The third kappa shape index (κ3) is 3.53. The van der Waals surface area contributed by atoms with Crippen molar-refractivity contribution in [1.82, 2.24) is 9.97 Å². The van der Waals surface area contributed by atoms with Gasteiger partial charge in [-0.25, -0.2) is 4.98 Å². The highest BCUT2D eigenvalue weighted by atomic mass is 16.5. The molecule has 2 N–H and O–H groups in total. The number of hydrogen-bond acceptors (Lipinski definition) is 5. The highest BCUT2D eigenvalue weighted by Gasteiger charge is 2.13. The number of benzene rings is 2. The second kappa shape index (κ2) is 8.00. The van der Waals surface area contributed by atoms with Gasteiger partial charge in [-0.1, -0.05) is 30.3 Å². The maximum atomic E-state index is 12.7. The fourth-order valence-electron chi connectivity index (χ4n) is 3.87. The molecule has 0 aliphatic carbocycles. The van der Waals surface area contributed by atoms with Crippen molar-refractivity contribution in [2.24, 2.45) is 0 Å². The van der Waals surface area contributed by atoms with Gasteiger partial charge in [-0.2, -0.15) is 0 Å². The van der Waals surface area contributed by atoms with Crippen molar-refractivity contribution in [2.45, 2.75) is 0 Å². The minimum Gasteiger partial charge on any atom is -0.378 e. The summed E-state index contributed by atoms with van der Waals surface area (Å²) >= 11 is 0. The summed E-state index contributed by atoms with van der Waals surface area (Å²) in [6, 6.07) is 20.1. The van der Waals surface area contributed by atoms with Gasteiger partial charge in [0.2, 0.25) is 0 Å². The van der Waals surface area contributed by atoms with Crippen LogP contribution >= 0.6 is 0 Å². The Hall–Kier alpha value is -3.64. The van der Waals surface area contributed by atoms with E-state index in [9.17, 15) is 4.79 Å². The van der Waals surface area contributed by atoms with Crippen LogP contribution in [0, 0.1) is 0 Å². The number of H-pyrrole nitrogens is 1. The SMILES string of the molecule is O=c1[nH]cc(-c2ccccc2)c2ccnc(Nc3ccc(N4CCOCC4)cc3)c12. The molecule has 30 heavy (non-hydrogen) atoms. The number of anilines is 3. The van der Waals surface area contributed by atoms with Crippen molar-refractivity contribution in [1.29, 1.82) is 0 Å². The van der Waals surface area contributed by atoms with E-state index >= 15 is 0 Å². The van der Waals surface area contributed by atoms with Crippen molar-refractivity contribution in [2.75, 3.05) is 36.5 Å². The van der Waals surface area contributed by atoms with Crippen molar-refractivity contribution < 1.29 is 4.74 Å². The van der Waals surface area contributed by atoms with E-state index in [2.05, 4.69) is 32.3 Å². The lowest BCUT2D eigenvalue weighted by molar-refractivity contribution is 0.122. The van der Waals surface area contributed by atoms with E-state index in [0.29, 0.717) is 11.2 Å². The molecular weight excluding hydrogens is 376 g/mol. The van der Waals surface area contributed by atoms with Gasteiger partial charge in [-0.15, -0.1) is 0 Å². The Balaban J connectivity index is 1.50. The maximum absolute atomic E-state index is 12.7. The summed E-state index contributed by atoms with van der Waals surface area (Å²) in [5, 5.41) is 4.74. The Morgan fingerprint density at radius 1 is 0.967 bits per heavy atom. The smallest absolute Gasteiger partial charge is 0.259 e. The quantitative estimate of drug-likeness (QED) is 0.540. The van der Waals surface area contributed by atoms with Crippen LogP contribution < -0.4 is 15.8 Å². The van der Waals surface area contributed by atoms with Crippen LogP contribution in [0.1, 0.15) is 0 Å². The summed E-state index contributed by atoms with van der Waals surface area (Å²) in [7, 11) is 0. The summed E-state index contributed by atoms with van der Waals surface area (Å²) < 4.78 is 5.42. The molecule has 2 aromatic carbocycles. The Bertz CT molecular complexity index is 1210. The molecule has 5 rings (SSSR count). The average molecular weight is 398 g/mol. The Morgan fingerprint density at radius 3 is 2.50 bits per heavy atom. The molecule has 0 radical (unpaired) electrons. The molecule has 4 aromatic rings. The molecule has 1 saturated heterocycles. The predicted octanol–water partition coefficient (Wildman–Crippen LogP) is 4.17. The topological polar surface area (TPSA) is 70.2 Å². The standard InChI is InChI=1S/C24H22N4O2/c29-24-22-20(21(16-26-24)17-4-2-1-3-5-17)10-11-25-23(22)27-18-6-8-19(9-7-18)28-12-14-30-15-13-28/h1-11,16H,12-15H2,(H,25,27)(H,26,29). The summed E-state index contributed by atoms with van der Waals surface area (Å²) in [6.07, 6.45) is 3.50. The van der Waals surface area contributed by atoms with Gasteiger partial charge in [-0.05, 0) is 35.9 Å². The van der Waals surface area contributed by atoms with Gasteiger partial charge in [-0.3, -0.25) is 4.79 Å². The molecule has 150 valence electrons. The van der Waals surface area contributed by atoms with Crippen molar-refractivity contribution >= 4 is 28.0 Å². The van der Waals surface area contributed by atoms with Crippen molar-refractivity contribution in [3.63, 3.8) is 0 Å². The molecule has 3 heterocycles. The Morgan fingerprint density at radius 2 is 1.73 bits per heavy atom. The van der Waals surface area contributed by atoms with Gasteiger partial charge in [0.25, 0.3) is 5.56 Å². The number of rotatable bonds is 4. The van der Waals surface area contributed by atoms with Crippen LogP contribution in [0.5, 0.6) is 0 Å². The Kier molecular flexibility index (Phi) is 4.91. The molecule has 1 aliphatic rings.